The Labute approximate surface area is 181 Å². The average Bonchev–Trinajstić information content (AvgIpc) is 3.26. The van der Waals surface area contributed by atoms with Crippen molar-refractivity contribution in [1.82, 2.24) is 15.0 Å². The lowest BCUT2D eigenvalue weighted by atomic mass is 10.0. The Morgan fingerprint density at radius 3 is 2.74 bits per heavy atom. The van der Waals surface area contributed by atoms with Crippen LogP contribution >= 0.6 is 0 Å². The highest BCUT2D eigenvalue weighted by molar-refractivity contribution is 5.77. The van der Waals surface area contributed by atoms with Gasteiger partial charge in [-0.15, -0.1) is 0 Å². The molecule has 11 heteroatoms. The van der Waals surface area contributed by atoms with Gasteiger partial charge in [-0.25, -0.2) is 10.2 Å². The first kappa shape index (κ1) is 22.8. The number of piperidine rings is 1. The number of benzene rings is 1. The van der Waals surface area contributed by atoms with E-state index >= 15 is 0 Å². The smallest absolute Gasteiger partial charge is 0.324 e. The molecule has 0 radical (unpaired) electrons. The van der Waals surface area contributed by atoms with Gasteiger partial charge in [0.25, 0.3) is 0 Å². The number of anilines is 2. The van der Waals surface area contributed by atoms with Crippen LogP contribution in [0.5, 0.6) is 5.75 Å². The summed E-state index contributed by atoms with van der Waals surface area (Å²) in [7, 11) is 2.06. The number of hydrazone groups is 1. The second-order valence-corrected chi connectivity index (χ2v) is 7.92. The molecule has 31 heavy (non-hydrogen) atoms. The molecule has 0 amide bonds. The monoisotopic (exact) mass is 434 g/mol. The summed E-state index contributed by atoms with van der Waals surface area (Å²) >= 11 is 0. The lowest BCUT2D eigenvalue weighted by Crippen LogP contribution is -2.44. The average molecular weight is 435 g/mol. The van der Waals surface area contributed by atoms with Crippen molar-refractivity contribution in [3.63, 3.8) is 0 Å². The maximum atomic E-state index is 14.3. The third-order valence-electron chi connectivity index (χ3n) is 5.41. The van der Waals surface area contributed by atoms with E-state index in [0.29, 0.717) is 30.9 Å². The minimum absolute atomic E-state index is 0.183. The second-order valence-electron chi connectivity index (χ2n) is 7.92. The Morgan fingerprint density at radius 1 is 1.39 bits per heavy atom. The number of nitrogens with zero attached hydrogens (tertiary/aromatic N) is 6. The number of nitrogens with two attached hydrogens (primary N) is 2. The first-order valence-electron chi connectivity index (χ1n) is 10.4. The molecule has 1 aromatic heterocycles. The van der Waals surface area contributed by atoms with E-state index in [4.69, 9.17) is 20.9 Å². The van der Waals surface area contributed by atoms with Crippen molar-refractivity contribution in [3.8, 4) is 5.75 Å². The molecule has 1 aliphatic heterocycles. The predicted molar refractivity (Wildman–Crippen MR) is 117 cm³/mol. The lowest BCUT2D eigenvalue weighted by Gasteiger charge is -2.35. The summed E-state index contributed by atoms with van der Waals surface area (Å²) in [6.45, 7) is 6.86. The normalized spacial score (nSPS) is 15.4. The zero-order valence-electron chi connectivity index (χ0n) is 18.2. The van der Waals surface area contributed by atoms with Crippen molar-refractivity contribution < 1.29 is 13.7 Å². The summed E-state index contributed by atoms with van der Waals surface area (Å²) in [5, 5.41) is 8.48. The van der Waals surface area contributed by atoms with Crippen LogP contribution in [0.3, 0.4) is 0 Å². The van der Waals surface area contributed by atoms with Gasteiger partial charge in [-0.3, -0.25) is 9.91 Å². The molecule has 2 aromatic rings. The molecule has 10 nitrogen and oxygen atoms in total. The van der Waals surface area contributed by atoms with Gasteiger partial charge >= 0.3 is 6.01 Å². The van der Waals surface area contributed by atoms with E-state index in [2.05, 4.69) is 32.1 Å². The standard InChI is InChI=1S/C20H31FN8O2/c1-14(2)19-25-20(31-26-19)28-8-6-15(7-9-28)27(3)10-11-30-18-5-4-16(12-17(18)21)29(23)13-24-22/h4-5,12-15H,6-11,22-23H2,1-3H3/b24-13-. The maximum absolute atomic E-state index is 14.3. The predicted octanol–water partition coefficient (Wildman–Crippen LogP) is 1.89. The topological polar surface area (TPSA) is 122 Å². The van der Waals surface area contributed by atoms with E-state index < -0.39 is 5.82 Å². The summed E-state index contributed by atoms with van der Waals surface area (Å²) < 4.78 is 25.3. The van der Waals surface area contributed by atoms with Crippen LogP contribution in [0.25, 0.3) is 0 Å². The highest BCUT2D eigenvalue weighted by Crippen LogP contribution is 2.24. The molecule has 2 heterocycles. The van der Waals surface area contributed by atoms with E-state index in [1.54, 1.807) is 12.1 Å². The Hall–Kier alpha value is -2.92. The van der Waals surface area contributed by atoms with Crippen molar-refractivity contribution in [2.45, 2.75) is 38.6 Å². The van der Waals surface area contributed by atoms with E-state index in [-0.39, 0.29) is 11.7 Å². The molecule has 1 aromatic carbocycles. The van der Waals surface area contributed by atoms with Gasteiger partial charge in [0.05, 0.1) is 5.69 Å². The zero-order valence-corrected chi connectivity index (χ0v) is 18.2. The highest BCUT2D eigenvalue weighted by Gasteiger charge is 2.25. The fraction of sp³-hybridized carbons (Fsp3) is 0.550. The summed E-state index contributed by atoms with van der Waals surface area (Å²) in [6, 6.07) is 5.48. The SMILES string of the molecule is CC(C)c1noc(N2CCC(N(C)CCOc3ccc(N(N)/C=N\N)cc3F)CC2)n1. The van der Waals surface area contributed by atoms with Crippen LogP contribution in [-0.2, 0) is 0 Å². The number of halogens is 1. The van der Waals surface area contributed by atoms with Gasteiger partial charge in [-0.2, -0.15) is 10.1 Å². The molecule has 1 saturated heterocycles. The molecule has 1 aliphatic rings. The Morgan fingerprint density at radius 2 is 2.13 bits per heavy atom. The van der Waals surface area contributed by atoms with Crippen LogP contribution in [0.15, 0.2) is 27.8 Å². The minimum atomic E-state index is -0.491. The molecule has 0 saturated carbocycles. The van der Waals surface area contributed by atoms with Crippen LogP contribution in [0.2, 0.25) is 0 Å². The Bertz CT molecular complexity index is 867. The fourth-order valence-corrected chi connectivity index (χ4v) is 3.48. The third-order valence-corrected chi connectivity index (χ3v) is 5.41. The van der Waals surface area contributed by atoms with Gasteiger partial charge in [-0.1, -0.05) is 19.0 Å². The van der Waals surface area contributed by atoms with E-state index in [1.807, 2.05) is 13.8 Å². The molecule has 0 bridgehead atoms. The van der Waals surface area contributed by atoms with Crippen LogP contribution in [0, 0.1) is 5.82 Å². The molecule has 0 unspecified atom stereocenters. The number of aromatic nitrogens is 2. The van der Waals surface area contributed by atoms with Gasteiger partial charge in [-0.05, 0) is 32.0 Å². The molecule has 1 fully saturated rings. The quantitative estimate of drug-likeness (QED) is 0.264. The maximum Gasteiger partial charge on any atom is 0.324 e. The summed E-state index contributed by atoms with van der Waals surface area (Å²) in [5.41, 5.74) is 0.421. The molecule has 0 aliphatic carbocycles. The van der Waals surface area contributed by atoms with E-state index in [0.717, 1.165) is 36.8 Å². The molecule has 4 N–H and O–H groups in total. The highest BCUT2D eigenvalue weighted by atomic mass is 19.1. The second kappa shape index (κ2) is 10.4. The van der Waals surface area contributed by atoms with Gasteiger partial charge in [0.1, 0.15) is 12.9 Å². The lowest BCUT2D eigenvalue weighted by molar-refractivity contribution is 0.166. The molecular weight excluding hydrogens is 403 g/mol. The Balaban J connectivity index is 1.44. The van der Waals surface area contributed by atoms with Crippen molar-refractivity contribution in [2.75, 3.05) is 43.2 Å². The number of hydrazine groups is 1. The van der Waals surface area contributed by atoms with E-state index in [9.17, 15) is 4.39 Å². The van der Waals surface area contributed by atoms with Crippen LogP contribution in [0.4, 0.5) is 16.1 Å². The number of hydrogen-bond acceptors (Lipinski definition) is 9. The van der Waals surface area contributed by atoms with Crippen molar-refractivity contribution in [2.24, 2.45) is 16.8 Å². The molecule has 0 spiro atoms. The first-order valence-corrected chi connectivity index (χ1v) is 10.4. The number of likely N-dealkylation sites (N-methyl/N-ethyl adjacent to an activating group) is 1. The summed E-state index contributed by atoms with van der Waals surface area (Å²) in [5.74, 6) is 11.4. The molecule has 3 rings (SSSR count). The zero-order chi connectivity index (χ0) is 22.4. The number of rotatable bonds is 9. The number of hydrogen-bond donors (Lipinski definition) is 2. The Kier molecular flexibility index (Phi) is 7.64. The minimum Gasteiger partial charge on any atom is -0.489 e. The molecular formula is C20H31FN8O2. The van der Waals surface area contributed by atoms with Gasteiger partial charge < -0.3 is 20.0 Å². The molecule has 0 atom stereocenters. The van der Waals surface area contributed by atoms with Crippen LogP contribution < -0.4 is 26.3 Å². The van der Waals surface area contributed by atoms with Crippen molar-refractivity contribution in [3.05, 3.63) is 29.8 Å². The molecule has 170 valence electrons. The fourth-order valence-electron chi connectivity index (χ4n) is 3.48. The van der Waals surface area contributed by atoms with Crippen LogP contribution in [-0.4, -0.2) is 60.7 Å². The first-order chi connectivity index (χ1) is 14.9. The summed E-state index contributed by atoms with van der Waals surface area (Å²) in [4.78, 5) is 8.85. The van der Waals surface area contributed by atoms with Gasteiger partial charge in [0, 0.05) is 37.7 Å². The van der Waals surface area contributed by atoms with Gasteiger partial charge in [0.15, 0.2) is 17.4 Å². The third kappa shape index (κ3) is 5.82. The van der Waals surface area contributed by atoms with Gasteiger partial charge in [0.2, 0.25) is 0 Å². The van der Waals surface area contributed by atoms with E-state index in [1.165, 1.54) is 12.4 Å². The summed E-state index contributed by atoms with van der Waals surface area (Å²) in [6.07, 6.45) is 3.15. The van der Waals surface area contributed by atoms with Crippen molar-refractivity contribution in [1.29, 1.82) is 0 Å². The van der Waals surface area contributed by atoms with Crippen LogP contribution in [0.1, 0.15) is 38.4 Å². The largest absolute Gasteiger partial charge is 0.489 e. The number of ether oxygens (including phenoxy) is 1. The van der Waals surface area contributed by atoms with Crippen molar-refractivity contribution >= 4 is 18.0 Å².